The minimum Gasteiger partial charge on any atom is -0.398 e. The molecule has 2 atom stereocenters. The molecule has 1 aliphatic carbocycles. The van der Waals surface area contributed by atoms with Crippen molar-refractivity contribution in [1.29, 1.82) is 0 Å². The van der Waals surface area contributed by atoms with Crippen molar-refractivity contribution in [3.05, 3.63) is 29.1 Å². The van der Waals surface area contributed by atoms with Gasteiger partial charge >= 0.3 is 0 Å². The van der Waals surface area contributed by atoms with Crippen LogP contribution in [0.25, 0.3) is 0 Å². The average molecular weight is 278 g/mol. The highest BCUT2D eigenvalue weighted by molar-refractivity contribution is 5.95. The molecule has 2 rings (SSSR count). The molecule has 0 heterocycles. The first-order valence-electron chi connectivity index (χ1n) is 7.24. The van der Waals surface area contributed by atoms with Crippen LogP contribution in [0.3, 0.4) is 0 Å². The van der Waals surface area contributed by atoms with Crippen LogP contribution >= 0.6 is 0 Å². The molecule has 20 heavy (non-hydrogen) atoms. The maximum Gasteiger partial charge on any atom is 0.254 e. The van der Waals surface area contributed by atoms with Crippen molar-refractivity contribution in [1.82, 2.24) is 4.90 Å². The first kappa shape index (κ1) is 14.8. The van der Waals surface area contributed by atoms with Gasteiger partial charge in [0.15, 0.2) is 0 Å². The second-order valence-corrected chi connectivity index (χ2v) is 5.92. The molecule has 1 fully saturated rings. The Kier molecular flexibility index (Phi) is 4.31. The third-order valence-electron chi connectivity index (χ3n) is 4.52. The summed E-state index contributed by atoms with van der Waals surface area (Å²) < 4.78 is 13.7. The molecule has 1 amide bonds. The number of amides is 1. The zero-order valence-corrected chi connectivity index (χ0v) is 12.4. The zero-order valence-electron chi connectivity index (χ0n) is 12.4. The van der Waals surface area contributed by atoms with Crippen LogP contribution < -0.4 is 5.73 Å². The van der Waals surface area contributed by atoms with Gasteiger partial charge in [0.1, 0.15) is 5.82 Å². The van der Waals surface area contributed by atoms with E-state index in [9.17, 15) is 9.18 Å². The number of carbonyl (C=O) groups is 1. The van der Waals surface area contributed by atoms with Crippen molar-refractivity contribution in [3.8, 4) is 0 Å². The van der Waals surface area contributed by atoms with E-state index in [1.807, 2.05) is 7.05 Å². The van der Waals surface area contributed by atoms with Gasteiger partial charge in [0.25, 0.3) is 5.91 Å². The lowest BCUT2D eigenvalue weighted by atomic mass is 9.85. The van der Waals surface area contributed by atoms with Crippen molar-refractivity contribution in [3.63, 3.8) is 0 Å². The Hall–Kier alpha value is -1.58. The van der Waals surface area contributed by atoms with Crippen molar-refractivity contribution in [2.24, 2.45) is 5.92 Å². The van der Waals surface area contributed by atoms with Gasteiger partial charge in [0.05, 0.1) is 0 Å². The van der Waals surface area contributed by atoms with Crippen molar-refractivity contribution < 1.29 is 9.18 Å². The van der Waals surface area contributed by atoms with Gasteiger partial charge < -0.3 is 10.6 Å². The van der Waals surface area contributed by atoms with Gasteiger partial charge in [-0.2, -0.15) is 0 Å². The highest BCUT2D eigenvalue weighted by atomic mass is 19.1. The van der Waals surface area contributed by atoms with E-state index in [1.165, 1.54) is 12.5 Å². The summed E-state index contributed by atoms with van der Waals surface area (Å²) in [6.07, 6.45) is 4.54. The van der Waals surface area contributed by atoms with Crippen molar-refractivity contribution in [2.75, 3.05) is 12.8 Å². The number of rotatable bonds is 2. The quantitative estimate of drug-likeness (QED) is 0.843. The topological polar surface area (TPSA) is 46.3 Å². The number of nitrogen functional groups attached to an aromatic ring is 1. The van der Waals surface area contributed by atoms with Crippen LogP contribution in [0.1, 0.15) is 48.5 Å². The number of halogens is 1. The smallest absolute Gasteiger partial charge is 0.254 e. The number of anilines is 1. The van der Waals surface area contributed by atoms with E-state index in [2.05, 4.69) is 6.92 Å². The molecule has 1 aromatic carbocycles. The summed E-state index contributed by atoms with van der Waals surface area (Å²) in [5, 5.41) is 0. The second kappa shape index (κ2) is 5.81. The van der Waals surface area contributed by atoms with Crippen LogP contribution in [0.15, 0.2) is 12.1 Å². The van der Waals surface area contributed by atoms with E-state index >= 15 is 0 Å². The SMILES string of the molecule is Cc1c(N)cc(C(=O)N(C)C2CCCCC2C)cc1F. The maximum atomic E-state index is 13.7. The number of nitrogens with two attached hydrogens (primary N) is 1. The summed E-state index contributed by atoms with van der Waals surface area (Å²) >= 11 is 0. The molecule has 2 N–H and O–H groups in total. The number of nitrogens with zero attached hydrogens (tertiary/aromatic N) is 1. The molecule has 0 aliphatic heterocycles. The molecule has 0 spiro atoms. The predicted octanol–water partition coefficient (Wildman–Crippen LogP) is 3.37. The van der Waals surface area contributed by atoms with E-state index < -0.39 is 5.82 Å². The van der Waals surface area contributed by atoms with E-state index in [1.54, 1.807) is 17.9 Å². The van der Waals surface area contributed by atoms with Crippen LogP contribution in [0.5, 0.6) is 0 Å². The summed E-state index contributed by atoms with van der Waals surface area (Å²) in [7, 11) is 1.81. The summed E-state index contributed by atoms with van der Waals surface area (Å²) in [5.41, 5.74) is 6.82. The first-order valence-corrected chi connectivity index (χ1v) is 7.24. The highest BCUT2D eigenvalue weighted by Gasteiger charge is 2.28. The van der Waals surface area contributed by atoms with Crippen LogP contribution in [-0.2, 0) is 0 Å². The minimum absolute atomic E-state index is 0.144. The second-order valence-electron chi connectivity index (χ2n) is 5.92. The highest BCUT2D eigenvalue weighted by Crippen LogP contribution is 2.28. The van der Waals surface area contributed by atoms with E-state index in [0.717, 1.165) is 19.3 Å². The molecule has 0 bridgehead atoms. The molecule has 1 aromatic rings. The minimum atomic E-state index is -0.418. The van der Waals surface area contributed by atoms with Gasteiger partial charge in [-0.15, -0.1) is 0 Å². The van der Waals surface area contributed by atoms with E-state index in [4.69, 9.17) is 5.73 Å². The number of benzene rings is 1. The first-order chi connectivity index (χ1) is 9.41. The van der Waals surface area contributed by atoms with Gasteiger partial charge in [-0.25, -0.2) is 4.39 Å². The molecular weight excluding hydrogens is 255 g/mol. The average Bonchev–Trinajstić information content (AvgIpc) is 2.43. The summed E-state index contributed by atoms with van der Waals surface area (Å²) in [6.45, 7) is 3.80. The van der Waals surface area contributed by atoms with Crippen molar-refractivity contribution in [2.45, 2.75) is 45.6 Å². The molecule has 0 aromatic heterocycles. The number of carbonyl (C=O) groups excluding carboxylic acids is 1. The fraction of sp³-hybridized carbons (Fsp3) is 0.562. The molecular formula is C16H23FN2O. The normalized spacial score (nSPS) is 22.6. The third-order valence-corrected chi connectivity index (χ3v) is 4.52. The van der Waals surface area contributed by atoms with Crippen LogP contribution in [0.2, 0.25) is 0 Å². The molecule has 4 heteroatoms. The molecule has 0 radical (unpaired) electrons. The van der Waals surface area contributed by atoms with Gasteiger partial charge in [0, 0.05) is 29.9 Å². The largest absolute Gasteiger partial charge is 0.398 e. The Morgan fingerprint density at radius 2 is 2.00 bits per heavy atom. The van der Waals surface area contributed by atoms with Crippen LogP contribution in [0, 0.1) is 18.7 Å². The molecule has 1 aliphatic rings. The van der Waals surface area contributed by atoms with E-state index in [-0.39, 0.29) is 11.9 Å². The fourth-order valence-electron chi connectivity index (χ4n) is 3.05. The molecule has 3 nitrogen and oxygen atoms in total. The summed E-state index contributed by atoms with van der Waals surface area (Å²) in [4.78, 5) is 14.3. The molecule has 110 valence electrons. The third kappa shape index (κ3) is 2.79. The molecule has 1 saturated carbocycles. The molecule has 2 unspecified atom stereocenters. The van der Waals surface area contributed by atoms with Crippen LogP contribution in [0.4, 0.5) is 10.1 Å². The Labute approximate surface area is 120 Å². The Morgan fingerprint density at radius 3 is 2.60 bits per heavy atom. The lowest BCUT2D eigenvalue weighted by Crippen LogP contribution is -2.42. The Balaban J connectivity index is 2.22. The summed E-state index contributed by atoms with van der Waals surface area (Å²) in [6, 6.07) is 3.10. The van der Waals surface area contributed by atoms with E-state index in [0.29, 0.717) is 22.7 Å². The molecule has 0 saturated heterocycles. The van der Waals surface area contributed by atoms with Crippen molar-refractivity contribution >= 4 is 11.6 Å². The lowest BCUT2D eigenvalue weighted by Gasteiger charge is -2.36. The van der Waals surface area contributed by atoms with Gasteiger partial charge in [-0.05, 0) is 37.8 Å². The predicted molar refractivity (Wildman–Crippen MR) is 79.1 cm³/mol. The standard InChI is InChI=1S/C16H23FN2O/c1-10-6-4-5-7-15(10)19(3)16(20)12-8-13(17)11(2)14(18)9-12/h8-10,15H,4-7,18H2,1-3H3. The van der Waals surface area contributed by atoms with Gasteiger partial charge in [-0.3, -0.25) is 4.79 Å². The number of hydrogen-bond donors (Lipinski definition) is 1. The summed E-state index contributed by atoms with van der Waals surface area (Å²) in [5.74, 6) is -0.0712. The Bertz CT molecular complexity index is 492. The lowest BCUT2D eigenvalue weighted by molar-refractivity contribution is 0.0628. The zero-order chi connectivity index (χ0) is 14.9. The van der Waals surface area contributed by atoms with Gasteiger partial charge in [0.2, 0.25) is 0 Å². The number of hydrogen-bond acceptors (Lipinski definition) is 2. The van der Waals surface area contributed by atoms with Crippen LogP contribution in [-0.4, -0.2) is 23.9 Å². The monoisotopic (exact) mass is 278 g/mol. The maximum absolute atomic E-state index is 13.7. The fourth-order valence-corrected chi connectivity index (χ4v) is 3.05. The van der Waals surface area contributed by atoms with Gasteiger partial charge in [-0.1, -0.05) is 19.8 Å². The Morgan fingerprint density at radius 1 is 1.35 bits per heavy atom.